The summed E-state index contributed by atoms with van der Waals surface area (Å²) in [6.45, 7) is 4.59. The average Bonchev–Trinajstić information content (AvgIpc) is 3.38. The number of carbonyl (C=O) groups excluding carboxylic acids is 1. The Morgan fingerprint density at radius 2 is 1.84 bits per heavy atom. The van der Waals surface area contributed by atoms with Crippen LogP contribution in [0.25, 0.3) is 26.8 Å². The Balaban J connectivity index is 1.48. The van der Waals surface area contributed by atoms with Crippen LogP contribution in [-0.2, 0) is 6.54 Å². The van der Waals surface area contributed by atoms with E-state index in [0.29, 0.717) is 28.1 Å². The van der Waals surface area contributed by atoms with Crippen LogP contribution in [0.15, 0.2) is 65.5 Å². The lowest BCUT2D eigenvalue weighted by atomic mass is 10.2. The molecule has 7 nitrogen and oxygen atoms in total. The topological polar surface area (TPSA) is 83.9 Å². The molecule has 2 aromatic carbocycles. The number of thiophene rings is 1. The number of benzene rings is 2. The van der Waals surface area contributed by atoms with Crippen molar-refractivity contribution in [1.29, 1.82) is 0 Å². The van der Waals surface area contributed by atoms with Gasteiger partial charge >= 0.3 is 0 Å². The Morgan fingerprint density at radius 1 is 1.09 bits per heavy atom. The van der Waals surface area contributed by atoms with E-state index in [9.17, 15) is 9.59 Å². The quantitative estimate of drug-likeness (QED) is 0.439. The van der Waals surface area contributed by atoms with E-state index in [1.54, 1.807) is 23.1 Å². The molecular weight excluding hydrogens is 422 g/mol. The summed E-state index contributed by atoms with van der Waals surface area (Å²) in [6.07, 6.45) is 0. The molecule has 0 saturated carbocycles. The summed E-state index contributed by atoms with van der Waals surface area (Å²) in [7, 11) is 0. The standard InChI is InChI=1S/C24H21N5O2S/c1-3-28(14-21-25-19-12-8-7-11-17(19)22(30)26-21)23(31)20-13-18-15(2)27-29(24(18)32-20)16-9-5-4-6-10-16/h4-13H,3,14H2,1-2H3,(H,25,26,30). The molecule has 5 rings (SSSR count). The molecular formula is C24H21N5O2S. The molecule has 160 valence electrons. The zero-order chi connectivity index (χ0) is 22.2. The van der Waals surface area contributed by atoms with Gasteiger partial charge in [-0.25, -0.2) is 9.67 Å². The number of H-pyrrole nitrogens is 1. The molecule has 0 saturated heterocycles. The number of para-hydroxylation sites is 2. The van der Waals surface area contributed by atoms with Crippen LogP contribution in [0.5, 0.6) is 0 Å². The third kappa shape index (κ3) is 3.48. The second-order valence-electron chi connectivity index (χ2n) is 7.51. The van der Waals surface area contributed by atoms with Gasteiger partial charge in [-0.3, -0.25) is 9.59 Å². The predicted octanol–water partition coefficient (Wildman–Crippen LogP) is 4.29. The molecule has 1 amide bonds. The molecule has 8 heteroatoms. The molecule has 0 aliphatic rings. The van der Waals surface area contributed by atoms with Gasteiger partial charge in [0.25, 0.3) is 11.5 Å². The maximum Gasteiger partial charge on any atom is 0.264 e. The number of nitrogens with one attached hydrogen (secondary N) is 1. The van der Waals surface area contributed by atoms with E-state index in [0.717, 1.165) is 21.6 Å². The van der Waals surface area contributed by atoms with Gasteiger partial charge in [0.1, 0.15) is 10.7 Å². The Labute approximate surface area is 188 Å². The van der Waals surface area contributed by atoms with Crippen molar-refractivity contribution in [3.05, 3.63) is 87.4 Å². The van der Waals surface area contributed by atoms with Crippen LogP contribution in [0.2, 0.25) is 0 Å². The first-order valence-corrected chi connectivity index (χ1v) is 11.2. The molecule has 0 unspecified atom stereocenters. The summed E-state index contributed by atoms with van der Waals surface area (Å²) < 4.78 is 1.88. The maximum atomic E-state index is 13.3. The van der Waals surface area contributed by atoms with Crippen LogP contribution >= 0.6 is 11.3 Å². The molecule has 0 bridgehead atoms. The number of carbonyl (C=O) groups is 1. The number of aromatic amines is 1. The largest absolute Gasteiger partial charge is 0.331 e. The lowest BCUT2D eigenvalue weighted by Gasteiger charge is -2.19. The molecule has 3 heterocycles. The first-order chi connectivity index (χ1) is 15.5. The third-order valence-electron chi connectivity index (χ3n) is 5.43. The van der Waals surface area contributed by atoms with Gasteiger partial charge in [0.05, 0.1) is 33.7 Å². The molecule has 0 radical (unpaired) electrons. The number of hydrogen-bond acceptors (Lipinski definition) is 5. The van der Waals surface area contributed by atoms with Crippen LogP contribution in [0.4, 0.5) is 0 Å². The van der Waals surface area contributed by atoms with Crippen LogP contribution in [0.1, 0.15) is 28.1 Å². The van der Waals surface area contributed by atoms with Crippen molar-refractivity contribution in [3.63, 3.8) is 0 Å². The van der Waals surface area contributed by atoms with Gasteiger partial charge in [0.2, 0.25) is 0 Å². The van der Waals surface area contributed by atoms with E-state index in [-0.39, 0.29) is 18.0 Å². The first kappa shape index (κ1) is 20.1. The molecule has 0 aliphatic carbocycles. The van der Waals surface area contributed by atoms with Crippen LogP contribution in [0.3, 0.4) is 0 Å². The molecule has 0 fully saturated rings. The molecule has 32 heavy (non-hydrogen) atoms. The van der Waals surface area contributed by atoms with Crippen molar-refractivity contribution in [3.8, 4) is 5.69 Å². The van der Waals surface area contributed by atoms with E-state index < -0.39 is 0 Å². The van der Waals surface area contributed by atoms with Gasteiger partial charge < -0.3 is 9.88 Å². The fourth-order valence-electron chi connectivity index (χ4n) is 3.77. The fourth-order valence-corrected chi connectivity index (χ4v) is 4.92. The zero-order valence-electron chi connectivity index (χ0n) is 17.7. The van der Waals surface area contributed by atoms with Gasteiger partial charge in [-0.2, -0.15) is 5.10 Å². The number of hydrogen-bond donors (Lipinski definition) is 1. The highest BCUT2D eigenvalue weighted by Gasteiger charge is 2.21. The Hall–Kier alpha value is -3.78. The molecule has 3 aromatic heterocycles. The lowest BCUT2D eigenvalue weighted by Crippen LogP contribution is -2.31. The van der Waals surface area contributed by atoms with Crippen molar-refractivity contribution in [2.24, 2.45) is 0 Å². The summed E-state index contributed by atoms with van der Waals surface area (Å²) in [5.74, 6) is 0.375. The van der Waals surface area contributed by atoms with Crippen molar-refractivity contribution in [2.75, 3.05) is 6.54 Å². The summed E-state index contributed by atoms with van der Waals surface area (Å²) in [5, 5.41) is 6.15. The van der Waals surface area contributed by atoms with Crippen molar-refractivity contribution in [1.82, 2.24) is 24.6 Å². The van der Waals surface area contributed by atoms with Crippen molar-refractivity contribution in [2.45, 2.75) is 20.4 Å². The number of aromatic nitrogens is 4. The van der Waals surface area contributed by atoms with Crippen molar-refractivity contribution >= 4 is 38.4 Å². The number of rotatable bonds is 5. The molecule has 0 spiro atoms. The van der Waals surface area contributed by atoms with E-state index in [1.165, 1.54) is 11.3 Å². The maximum absolute atomic E-state index is 13.3. The van der Waals surface area contributed by atoms with Crippen molar-refractivity contribution < 1.29 is 4.79 Å². The van der Waals surface area contributed by atoms with Crippen LogP contribution in [0, 0.1) is 6.92 Å². The Morgan fingerprint density at radius 3 is 2.62 bits per heavy atom. The second-order valence-corrected chi connectivity index (χ2v) is 8.54. The predicted molar refractivity (Wildman–Crippen MR) is 126 cm³/mol. The number of aryl methyl sites for hydroxylation is 1. The minimum atomic E-state index is -0.199. The highest BCUT2D eigenvalue weighted by atomic mass is 32.1. The normalized spacial score (nSPS) is 11.3. The van der Waals surface area contributed by atoms with Gasteiger partial charge in [-0.1, -0.05) is 30.3 Å². The van der Waals surface area contributed by atoms with Gasteiger partial charge in [-0.05, 0) is 44.2 Å². The van der Waals surface area contributed by atoms with Gasteiger partial charge in [0.15, 0.2) is 0 Å². The fraction of sp³-hybridized carbons (Fsp3) is 0.167. The Kier molecular flexibility index (Phi) is 5.07. The van der Waals surface area contributed by atoms with E-state index in [2.05, 4.69) is 15.1 Å². The average molecular weight is 444 g/mol. The number of fused-ring (bicyclic) bond motifs is 2. The summed E-state index contributed by atoms with van der Waals surface area (Å²) in [5.41, 5.74) is 2.25. The van der Waals surface area contributed by atoms with Gasteiger partial charge in [-0.15, -0.1) is 11.3 Å². The minimum Gasteiger partial charge on any atom is -0.331 e. The molecule has 0 atom stereocenters. The molecule has 0 aliphatic heterocycles. The summed E-state index contributed by atoms with van der Waals surface area (Å²) in [4.78, 5) is 36.3. The lowest BCUT2D eigenvalue weighted by molar-refractivity contribution is 0.0753. The van der Waals surface area contributed by atoms with E-state index in [1.807, 2.05) is 61.0 Å². The number of nitrogens with zero attached hydrogens (tertiary/aromatic N) is 4. The van der Waals surface area contributed by atoms with Crippen LogP contribution < -0.4 is 5.56 Å². The monoisotopic (exact) mass is 443 g/mol. The Bertz CT molecular complexity index is 1500. The molecule has 5 aromatic rings. The van der Waals surface area contributed by atoms with Crippen LogP contribution in [-0.4, -0.2) is 37.1 Å². The first-order valence-electron chi connectivity index (χ1n) is 10.4. The third-order valence-corrected chi connectivity index (χ3v) is 6.53. The number of amides is 1. The summed E-state index contributed by atoms with van der Waals surface area (Å²) in [6, 6.07) is 19.0. The molecule has 1 N–H and O–H groups in total. The SMILES string of the molecule is CCN(Cc1nc2ccccc2c(=O)[nH]1)C(=O)c1cc2c(C)nn(-c3ccccc3)c2s1. The minimum absolute atomic E-state index is 0.0940. The highest BCUT2D eigenvalue weighted by molar-refractivity contribution is 7.20. The highest BCUT2D eigenvalue weighted by Crippen LogP contribution is 2.31. The smallest absolute Gasteiger partial charge is 0.264 e. The van der Waals surface area contributed by atoms with E-state index in [4.69, 9.17) is 0 Å². The van der Waals surface area contributed by atoms with Gasteiger partial charge in [0, 0.05) is 11.9 Å². The second kappa shape index (κ2) is 8.05. The zero-order valence-corrected chi connectivity index (χ0v) is 18.5. The van der Waals surface area contributed by atoms with E-state index >= 15 is 0 Å². The summed E-state index contributed by atoms with van der Waals surface area (Å²) >= 11 is 1.42.